The Morgan fingerprint density at radius 3 is 2.00 bits per heavy atom. The van der Waals surface area contributed by atoms with Crippen LogP contribution in [0.5, 0.6) is 0 Å². The molecule has 0 saturated carbocycles. The number of hydrogen-bond acceptors (Lipinski definition) is 2. The molecular formula is C16H30N2O. The molecule has 0 N–H and O–H groups in total. The minimum Gasteiger partial charge on any atom is -0.343 e. The molecule has 0 aromatic heterocycles. The molecule has 1 aliphatic heterocycles. The van der Waals surface area contributed by atoms with Crippen LogP contribution in [0, 0.1) is 0 Å². The van der Waals surface area contributed by atoms with Crippen molar-refractivity contribution in [2.24, 2.45) is 4.99 Å². The van der Waals surface area contributed by atoms with E-state index in [2.05, 4.69) is 11.6 Å². The number of amides is 1. The van der Waals surface area contributed by atoms with Crippen LogP contribution in [0.2, 0.25) is 0 Å². The molecule has 0 radical (unpaired) electrons. The Kier molecular flexibility index (Phi) is 15.4. The molecule has 3 heteroatoms. The number of aliphatic imine (C=N–C) groups is 1. The van der Waals surface area contributed by atoms with Crippen molar-refractivity contribution < 1.29 is 4.79 Å². The summed E-state index contributed by atoms with van der Waals surface area (Å²) in [5.74, 6) is 0.231. The molecule has 0 atom stereocenters. The smallest absolute Gasteiger partial charge is 0.219 e. The van der Waals surface area contributed by atoms with Gasteiger partial charge in [0.1, 0.15) is 0 Å². The molecule has 1 saturated heterocycles. The zero-order valence-electron chi connectivity index (χ0n) is 13.3. The molecule has 1 heterocycles. The lowest BCUT2D eigenvalue weighted by molar-refractivity contribution is -0.129. The van der Waals surface area contributed by atoms with E-state index in [9.17, 15) is 4.79 Å². The van der Waals surface area contributed by atoms with Gasteiger partial charge in [-0.2, -0.15) is 0 Å². The maximum absolute atomic E-state index is 10.7. The van der Waals surface area contributed by atoms with Crippen molar-refractivity contribution in [3.8, 4) is 0 Å². The van der Waals surface area contributed by atoms with Crippen LogP contribution in [0.3, 0.4) is 0 Å². The molecule has 1 amide bonds. The highest BCUT2D eigenvalue weighted by atomic mass is 16.2. The van der Waals surface area contributed by atoms with Crippen molar-refractivity contribution >= 4 is 11.6 Å². The Morgan fingerprint density at radius 1 is 1.16 bits per heavy atom. The first-order valence-corrected chi connectivity index (χ1v) is 7.15. The highest BCUT2D eigenvalue weighted by molar-refractivity contribution is 5.92. The van der Waals surface area contributed by atoms with Gasteiger partial charge < -0.3 is 4.90 Å². The summed E-state index contributed by atoms with van der Waals surface area (Å²) in [4.78, 5) is 16.6. The molecule has 1 aliphatic rings. The lowest BCUT2D eigenvalue weighted by atomic mass is 10.1. The third-order valence-corrected chi connectivity index (χ3v) is 2.50. The minimum absolute atomic E-state index is 0.231. The van der Waals surface area contributed by atoms with Crippen LogP contribution in [0.1, 0.15) is 53.9 Å². The molecule has 1 rings (SSSR count). The summed E-state index contributed by atoms with van der Waals surface area (Å²) in [6.07, 6.45) is 9.10. The predicted molar refractivity (Wildman–Crippen MR) is 85.6 cm³/mol. The van der Waals surface area contributed by atoms with Crippen molar-refractivity contribution in [3.05, 3.63) is 24.9 Å². The summed E-state index contributed by atoms with van der Waals surface area (Å²) in [5.41, 5.74) is 0.988. The Morgan fingerprint density at radius 2 is 1.68 bits per heavy atom. The zero-order chi connectivity index (χ0) is 15.1. The van der Waals surface area contributed by atoms with E-state index < -0.39 is 0 Å². The van der Waals surface area contributed by atoms with Crippen molar-refractivity contribution in [1.82, 2.24) is 4.90 Å². The van der Waals surface area contributed by atoms with Crippen molar-refractivity contribution in [1.29, 1.82) is 0 Å². The monoisotopic (exact) mass is 266 g/mol. The van der Waals surface area contributed by atoms with Gasteiger partial charge in [-0.05, 0) is 39.2 Å². The quantitative estimate of drug-likeness (QED) is 0.689. The van der Waals surface area contributed by atoms with E-state index in [1.165, 1.54) is 25.5 Å². The number of carbonyl (C=O) groups excluding carboxylic acids is 1. The van der Waals surface area contributed by atoms with Gasteiger partial charge in [0.05, 0.1) is 0 Å². The Bertz CT molecular complexity index is 287. The number of hydrogen-bond donors (Lipinski definition) is 0. The zero-order valence-corrected chi connectivity index (χ0v) is 13.3. The molecule has 0 bridgehead atoms. The molecular weight excluding hydrogens is 236 g/mol. The fourth-order valence-electron chi connectivity index (χ4n) is 1.64. The number of carbonyl (C=O) groups is 1. The van der Waals surface area contributed by atoms with Crippen LogP contribution < -0.4 is 0 Å². The van der Waals surface area contributed by atoms with Gasteiger partial charge in [0.15, 0.2) is 0 Å². The lowest BCUT2D eigenvalue weighted by Gasteiger charge is -2.24. The summed E-state index contributed by atoms with van der Waals surface area (Å²) in [7, 11) is 0. The van der Waals surface area contributed by atoms with E-state index in [0.717, 1.165) is 18.8 Å². The van der Waals surface area contributed by atoms with Crippen LogP contribution in [-0.4, -0.2) is 29.6 Å². The number of rotatable bonds is 2. The molecule has 19 heavy (non-hydrogen) atoms. The highest BCUT2D eigenvalue weighted by Gasteiger charge is 2.10. The number of nitrogens with zero attached hydrogens (tertiary/aromatic N) is 2. The van der Waals surface area contributed by atoms with Gasteiger partial charge in [-0.15, -0.1) is 0 Å². The first kappa shape index (κ1) is 19.9. The van der Waals surface area contributed by atoms with Gasteiger partial charge in [0.2, 0.25) is 5.91 Å². The molecule has 0 unspecified atom stereocenters. The third-order valence-electron chi connectivity index (χ3n) is 2.50. The van der Waals surface area contributed by atoms with Gasteiger partial charge in [0, 0.05) is 31.9 Å². The maximum atomic E-state index is 10.7. The number of piperidine rings is 1. The normalized spacial score (nSPS) is 15.0. The average molecular weight is 266 g/mol. The van der Waals surface area contributed by atoms with Gasteiger partial charge in [-0.25, -0.2) is 0 Å². The van der Waals surface area contributed by atoms with Crippen LogP contribution in [0.15, 0.2) is 29.9 Å². The van der Waals surface area contributed by atoms with Crippen molar-refractivity contribution in [3.63, 3.8) is 0 Å². The van der Waals surface area contributed by atoms with Gasteiger partial charge in [-0.3, -0.25) is 9.79 Å². The topological polar surface area (TPSA) is 32.7 Å². The Balaban J connectivity index is 0. The van der Waals surface area contributed by atoms with Crippen LogP contribution in [0.25, 0.3) is 0 Å². The SMILES string of the molecule is C=CN=C(C)/C=C\C.CC.CC(=O)N1CCCCC1. The van der Waals surface area contributed by atoms with Gasteiger partial charge >= 0.3 is 0 Å². The molecule has 3 nitrogen and oxygen atoms in total. The summed E-state index contributed by atoms with van der Waals surface area (Å²) >= 11 is 0. The lowest BCUT2D eigenvalue weighted by Crippen LogP contribution is -2.33. The highest BCUT2D eigenvalue weighted by Crippen LogP contribution is 2.07. The van der Waals surface area contributed by atoms with Crippen LogP contribution in [-0.2, 0) is 4.79 Å². The van der Waals surface area contributed by atoms with E-state index in [-0.39, 0.29) is 5.91 Å². The van der Waals surface area contributed by atoms with Crippen LogP contribution >= 0.6 is 0 Å². The maximum Gasteiger partial charge on any atom is 0.219 e. The molecule has 0 aliphatic carbocycles. The second-order valence-corrected chi connectivity index (χ2v) is 4.02. The Labute approximate surface area is 119 Å². The van der Waals surface area contributed by atoms with Crippen molar-refractivity contribution in [2.45, 2.75) is 53.9 Å². The minimum atomic E-state index is 0.231. The van der Waals surface area contributed by atoms with E-state index in [1.54, 1.807) is 6.92 Å². The first-order chi connectivity index (χ1) is 9.11. The first-order valence-electron chi connectivity index (χ1n) is 7.15. The Hall–Kier alpha value is -1.38. The molecule has 0 aromatic carbocycles. The van der Waals surface area contributed by atoms with E-state index in [0.29, 0.717) is 0 Å². The summed E-state index contributed by atoms with van der Waals surface area (Å²) in [5, 5.41) is 0. The fourth-order valence-corrected chi connectivity index (χ4v) is 1.64. The molecule has 110 valence electrons. The average Bonchev–Trinajstić information content (AvgIpc) is 2.43. The second kappa shape index (κ2) is 14.7. The molecule has 0 spiro atoms. The number of allylic oxidation sites excluding steroid dienone is 2. The number of likely N-dealkylation sites (tertiary alicyclic amines) is 1. The van der Waals surface area contributed by atoms with E-state index in [1.807, 2.05) is 44.7 Å². The third kappa shape index (κ3) is 12.9. The summed E-state index contributed by atoms with van der Waals surface area (Å²) in [6.45, 7) is 15.0. The van der Waals surface area contributed by atoms with E-state index >= 15 is 0 Å². The molecule has 0 aromatic rings. The van der Waals surface area contributed by atoms with Gasteiger partial charge in [-0.1, -0.05) is 26.5 Å². The standard InChI is InChI=1S/C7H13NO.C7H11N.C2H6/c1-7(9)8-5-3-2-4-6-8;1-4-6-7(3)8-5-2;1-2/h2-6H2,1H3;4-6H,2H2,1,3H3;1-2H3/b;6-4-,8-7?;. The summed E-state index contributed by atoms with van der Waals surface area (Å²) < 4.78 is 0. The largest absolute Gasteiger partial charge is 0.343 e. The second-order valence-electron chi connectivity index (χ2n) is 4.02. The van der Waals surface area contributed by atoms with Gasteiger partial charge in [0.25, 0.3) is 0 Å². The summed E-state index contributed by atoms with van der Waals surface area (Å²) in [6, 6.07) is 0. The fraction of sp³-hybridized carbons (Fsp3) is 0.625. The predicted octanol–water partition coefficient (Wildman–Crippen LogP) is 4.21. The van der Waals surface area contributed by atoms with E-state index in [4.69, 9.17) is 0 Å². The molecule has 1 fully saturated rings. The van der Waals surface area contributed by atoms with Crippen molar-refractivity contribution in [2.75, 3.05) is 13.1 Å². The van der Waals surface area contributed by atoms with Crippen LogP contribution in [0.4, 0.5) is 0 Å².